The van der Waals surface area contributed by atoms with Crippen LogP contribution >= 0.6 is 11.6 Å². The Morgan fingerprint density at radius 3 is 2.65 bits per heavy atom. The summed E-state index contributed by atoms with van der Waals surface area (Å²) in [5, 5.41) is 10.8. The molecule has 0 aliphatic rings. The summed E-state index contributed by atoms with van der Waals surface area (Å²) in [6.07, 6.45) is -0.429. The molecule has 1 unspecified atom stereocenters. The molecule has 0 aliphatic heterocycles. The first kappa shape index (κ1) is 14.8. The van der Waals surface area contributed by atoms with E-state index in [1.54, 1.807) is 0 Å². The van der Waals surface area contributed by atoms with E-state index in [9.17, 15) is 9.50 Å². The molecule has 4 heteroatoms. The van der Waals surface area contributed by atoms with Crippen molar-refractivity contribution in [1.29, 1.82) is 0 Å². The van der Waals surface area contributed by atoms with Crippen molar-refractivity contribution in [2.45, 2.75) is 12.5 Å². The lowest BCUT2D eigenvalue weighted by Gasteiger charge is -2.17. The van der Waals surface area contributed by atoms with E-state index in [-0.39, 0.29) is 12.2 Å². The maximum Gasteiger partial charge on any atom is 0.123 e. The van der Waals surface area contributed by atoms with Gasteiger partial charge >= 0.3 is 0 Å². The number of halogens is 2. The van der Waals surface area contributed by atoms with Gasteiger partial charge in [0.2, 0.25) is 0 Å². The zero-order valence-corrected chi connectivity index (χ0v) is 12.2. The van der Waals surface area contributed by atoms with E-state index >= 15 is 0 Å². The summed E-state index contributed by atoms with van der Waals surface area (Å²) in [7, 11) is 3.88. The molecule has 0 heterocycles. The quantitative estimate of drug-likeness (QED) is 0.926. The Labute approximate surface area is 123 Å². The Morgan fingerprint density at radius 2 is 1.95 bits per heavy atom. The number of hydrogen-bond donors (Lipinski definition) is 1. The van der Waals surface area contributed by atoms with E-state index in [4.69, 9.17) is 11.6 Å². The second kappa shape index (κ2) is 6.25. The van der Waals surface area contributed by atoms with Crippen LogP contribution in [0.5, 0.6) is 0 Å². The Kier molecular flexibility index (Phi) is 4.63. The summed E-state index contributed by atoms with van der Waals surface area (Å²) in [5.74, 6) is -0.348. The number of nitrogens with zero attached hydrogens (tertiary/aromatic N) is 1. The molecule has 0 amide bonds. The lowest BCUT2D eigenvalue weighted by Crippen LogP contribution is -2.10. The molecule has 0 aliphatic carbocycles. The summed E-state index contributed by atoms with van der Waals surface area (Å²) in [6, 6.07) is 11.8. The maximum absolute atomic E-state index is 13.2. The molecular formula is C16H17ClFNO. The Bertz CT molecular complexity index is 601. The second-order valence-corrected chi connectivity index (χ2v) is 5.35. The number of anilines is 1. The summed E-state index contributed by atoms with van der Waals surface area (Å²) < 4.78 is 13.2. The molecule has 0 aromatic heterocycles. The number of aliphatic hydroxyl groups is 1. The highest BCUT2D eigenvalue weighted by molar-refractivity contribution is 6.31. The summed E-state index contributed by atoms with van der Waals surface area (Å²) in [5.41, 5.74) is 2.40. The first-order chi connectivity index (χ1) is 9.47. The summed E-state index contributed by atoms with van der Waals surface area (Å²) in [6.45, 7) is 0. The standard InChI is InChI=1S/C16H17ClFNO/c1-19(2)14-5-3-4-11(9-14)16(20)10-12-8-13(18)6-7-15(12)17/h3-9,16,20H,10H2,1-2H3. The zero-order chi connectivity index (χ0) is 14.7. The molecule has 1 atom stereocenters. The fraction of sp³-hybridized carbons (Fsp3) is 0.250. The van der Waals surface area contributed by atoms with Crippen molar-refractivity contribution in [2.24, 2.45) is 0 Å². The average Bonchev–Trinajstić information content (AvgIpc) is 2.43. The molecule has 20 heavy (non-hydrogen) atoms. The van der Waals surface area contributed by atoms with E-state index in [1.165, 1.54) is 18.2 Å². The third-order valence-electron chi connectivity index (χ3n) is 3.19. The van der Waals surface area contributed by atoms with Gasteiger partial charge in [-0.25, -0.2) is 4.39 Å². The lowest BCUT2D eigenvalue weighted by molar-refractivity contribution is 0.178. The van der Waals surface area contributed by atoms with E-state index in [0.29, 0.717) is 10.6 Å². The minimum Gasteiger partial charge on any atom is -0.388 e. The van der Waals surface area contributed by atoms with Crippen LogP contribution < -0.4 is 4.90 Å². The number of rotatable bonds is 4. The Balaban J connectivity index is 2.21. The van der Waals surface area contributed by atoms with Crippen LogP contribution in [-0.2, 0) is 6.42 Å². The molecule has 0 saturated carbocycles. The lowest BCUT2D eigenvalue weighted by atomic mass is 10.0. The van der Waals surface area contributed by atoms with Crippen LogP contribution in [0.2, 0.25) is 5.02 Å². The molecule has 1 N–H and O–H groups in total. The molecule has 106 valence electrons. The van der Waals surface area contributed by atoms with E-state index in [1.807, 2.05) is 43.3 Å². The van der Waals surface area contributed by atoms with Crippen LogP contribution in [0.25, 0.3) is 0 Å². The zero-order valence-electron chi connectivity index (χ0n) is 11.5. The van der Waals surface area contributed by atoms with Gasteiger partial charge in [-0.2, -0.15) is 0 Å². The molecule has 0 saturated heterocycles. The van der Waals surface area contributed by atoms with Crippen molar-refractivity contribution in [3.05, 3.63) is 64.4 Å². The fourth-order valence-corrected chi connectivity index (χ4v) is 2.23. The van der Waals surface area contributed by atoms with Crippen molar-refractivity contribution in [1.82, 2.24) is 0 Å². The molecule has 2 aromatic carbocycles. The summed E-state index contributed by atoms with van der Waals surface area (Å²) >= 11 is 6.02. The van der Waals surface area contributed by atoms with Crippen LogP contribution in [0.15, 0.2) is 42.5 Å². The predicted octanol–water partition coefficient (Wildman–Crippen LogP) is 3.82. The SMILES string of the molecule is CN(C)c1cccc(C(O)Cc2cc(F)ccc2Cl)c1. The van der Waals surface area contributed by atoms with E-state index < -0.39 is 6.10 Å². The Hall–Kier alpha value is -1.58. The smallest absolute Gasteiger partial charge is 0.123 e. The van der Waals surface area contributed by atoms with Crippen LogP contribution in [0.3, 0.4) is 0 Å². The van der Waals surface area contributed by atoms with Gasteiger partial charge in [-0.05, 0) is 41.5 Å². The van der Waals surface area contributed by atoms with Gasteiger partial charge in [-0.15, -0.1) is 0 Å². The molecular weight excluding hydrogens is 277 g/mol. The monoisotopic (exact) mass is 293 g/mol. The van der Waals surface area contributed by atoms with Gasteiger partial charge in [0.05, 0.1) is 6.10 Å². The highest BCUT2D eigenvalue weighted by Crippen LogP contribution is 2.26. The molecule has 0 fully saturated rings. The first-order valence-electron chi connectivity index (χ1n) is 6.36. The van der Waals surface area contributed by atoms with Gasteiger partial charge in [0, 0.05) is 31.2 Å². The van der Waals surface area contributed by atoms with Crippen molar-refractivity contribution >= 4 is 17.3 Å². The molecule has 0 spiro atoms. The largest absolute Gasteiger partial charge is 0.388 e. The predicted molar refractivity (Wildman–Crippen MR) is 80.8 cm³/mol. The van der Waals surface area contributed by atoms with Crippen LogP contribution in [0, 0.1) is 5.82 Å². The molecule has 2 nitrogen and oxygen atoms in total. The van der Waals surface area contributed by atoms with Gasteiger partial charge < -0.3 is 10.0 Å². The summed E-state index contributed by atoms with van der Waals surface area (Å²) in [4.78, 5) is 1.96. The first-order valence-corrected chi connectivity index (χ1v) is 6.74. The third-order valence-corrected chi connectivity index (χ3v) is 3.56. The number of aliphatic hydroxyl groups excluding tert-OH is 1. The fourth-order valence-electron chi connectivity index (χ4n) is 2.04. The molecule has 0 bridgehead atoms. The van der Waals surface area contributed by atoms with Crippen molar-refractivity contribution in [2.75, 3.05) is 19.0 Å². The molecule has 2 rings (SSSR count). The topological polar surface area (TPSA) is 23.5 Å². The van der Waals surface area contributed by atoms with Crippen molar-refractivity contribution < 1.29 is 9.50 Å². The highest BCUT2D eigenvalue weighted by atomic mass is 35.5. The van der Waals surface area contributed by atoms with Crippen LogP contribution in [0.4, 0.5) is 10.1 Å². The van der Waals surface area contributed by atoms with Gasteiger partial charge in [-0.1, -0.05) is 23.7 Å². The van der Waals surface area contributed by atoms with Crippen molar-refractivity contribution in [3.8, 4) is 0 Å². The van der Waals surface area contributed by atoms with E-state index in [2.05, 4.69) is 0 Å². The number of benzene rings is 2. The molecule has 0 radical (unpaired) electrons. The minimum absolute atomic E-state index is 0.285. The van der Waals surface area contributed by atoms with Gasteiger partial charge in [0.1, 0.15) is 5.82 Å². The van der Waals surface area contributed by atoms with Gasteiger partial charge in [0.25, 0.3) is 0 Å². The average molecular weight is 294 g/mol. The Morgan fingerprint density at radius 1 is 1.20 bits per heavy atom. The highest BCUT2D eigenvalue weighted by Gasteiger charge is 2.12. The molecule has 2 aromatic rings. The minimum atomic E-state index is -0.714. The number of hydrogen-bond acceptors (Lipinski definition) is 2. The third kappa shape index (κ3) is 3.50. The van der Waals surface area contributed by atoms with Crippen LogP contribution in [-0.4, -0.2) is 19.2 Å². The normalized spacial score (nSPS) is 12.2. The van der Waals surface area contributed by atoms with Crippen molar-refractivity contribution in [3.63, 3.8) is 0 Å². The van der Waals surface area contributed by atoms with Crippen LogP contribution in [0.1, 0.15) is 17.2 Å². The van der Waals surface area contributed by atoms with E-state index in [0.717, 1.165) is 11.3 Å². The maximum atomic E-state index is 13.2. The van der Waals surface area contributed by atoms with Gasteiger partial charge in [-0.3, -0.25) is 0 Å². The van der Waals surface area contributed by atoms with Gasteiger partial charge in [0.15, 0.2) is 0 Å². The second-order valence-electron chi connectivity index (χ2n) is 4.95.